The molecule has 0 atom stereocenters. The zero-order chi connectivity index (χ0) is 24.8. The van der Waals surface area contributed by atoms with E-state index in [9.17, 15) is 4.79 Å². The summed E-state index contributed by atoms with van der Waals surface area (Å²) in [5.74, 6) is 0.00134. The van der Waals surface area contributed by atoms with Crippen molar-refractivity contribution in [3.63, 3.8) is 0 Å². The molecule has 0 bridgehead atoms. The van der Waals surface area contributed by atoms with Gasteiger partial charge in [-0.25, -0.2) is 0 Å². The first-order valence-corrected chi connectivity index (χ1v) is 14.9. The number of hydrogen-bond acceptors (Lipinski definition) is 2. The zero-order valence-electron chi connectivity index (χ0n) is 23.0. The van der Waals surface area contributed by atoms with E-state index < -0.39 is 0 Å². The summed E-state index contributed by atoms with van der Waals surface area (Å²) in [6, 6.07) is 0. The summed E-state index contributed by atoms with van der Waals surface area (Å²) in [5.41, 5.74) is 0. The van der Waals surface area contributed by atoms with E-state index in [1.807, 2.05) is 0 Å². The topological polar surface area (TPSA) is 26.3 Å². The lowest BCUT2D eigenvalue weighted by Gasteiger charge is -2.05. The number of allylic oxidation sites excluding steroid dienone is 6. The van der Waals surface area contributed by atoms with Crippen molar-refractivity contribution >= 4 is 5.97 Å². The summed E-state index contributed by atoms with van der Waals surface area (Å²) in [7, 11) is 0. The van der Waals surface area contributed by atoms with Crippen LogP contribution in [0, 0.1) is 0 Å². The third-order valence-electron chi connectivity index (χ3n) is 6.25. The Hall–Kier alpha value is -1.31. The number of carbonyl (C=O) groups is 1. The summed E-state index contributed by atoms with van der Waals surface area (Å²) in [6.45, 7) is 5.10. The first-order valence-electron chi connectivity index (χ1n) is 14.9. The van der Waals surface area contributed by atoms with Crippen LogP contribution >= 0.6 is 0 Å². The minimum absolute atomic E-state index is 0.00134. The van der Waals surface area contributed by atoms with Gasteiger partial charge in [0.15, 0.2) is 0 Å². The molecule has 0 amide bonds. The van der Waals surface area contributed by atoms with E-state index in [0.29, 0.717) is 13.0 Å². The first-order chi connectivity index (χ1) is 16.8. The van der Waals surface area contributed by atoms with Crippen molar-refractivity contribution in [3.05, 3.63) is 36.5 Å². The van der Waals surface area contributed by atoms with Crippen molar-refractivity contribution < 1.29 is 9.53 Å². The number of esters is 1. The van der Waals surface area contributed by atoms with Gasteiger partial charge < -0.3 is 4.74 Å². The van der Waals surface area contributed by atoms with Crippen molar-refractivity contribution in [3.8, 4) is 0 Å². The lowest BCUT2D eigenvalue weighted by Crippen LogP contribution is -2.05. The highest BCUT2D eigenvalue weighted by Crippen LogP contribution is 2.10. The third-order valence-corrected chi connectivity index (χ3v) is 6.25. The first kappa shape index (κ1) is 32.7. The van der Waals surface area contributed by atoms with Gasteiger partial charge in [0, 0.05) is 6.42 Å². The summed E-state index contributed by atoms with van der Waals surface area (Å²) in [5, 5.41) is 0. The normalized spacial score (nSPS) is 11.9. The Bertz CT molecular complexity index is 489. The summed E-state index contributed by atoms with van der Waals surface area (Å²) >= 11 is 0. The molecule has 0 heterocycles. The third kappa shape index (κ3) is 28.7. The second kappa shape index (κ2) is 29.7. The molecular weight excluding hydrogens is 416 g/mol. The maximum atomic E-state index is 11.8. The van der Waals surface area contributed by atoms with Gasteiger partial charge in [-0.1, -0.05) is 121 Å². The maximum absolute atomic E-state index is 11.8. The van der Waals surface area contributed by atoms with Gasteiger partial charge >= 0.3 is 5.97 Å². The average molecular weight is 475 g/mol. The number of rotatable bonds is 26. The number of unbranched alkanes of at least 4 members (excludes halogenated alkanes) is 16. The van der Waals surface area contributed by atoms with Crippen LogP contribution in [0.15, 0.2) is 36.5 Å². The van der Waals surface area contributed by atoms with Crippen LogP contribution in [-0.2, 0) is 9.53 Å². The Morgan fingerprint density at radius 2 is 0.941 bits per heavy atom. The van der Waals surface area contributed by atoms with Gasteiger partial charge in [0.05, 0.1) is 6.61 Å². The molecule has 34 heavy (non-hydrogen) atoms. The molecule has 0 aliphatic heterocycles. The van der Waals surface area contributed by atoms with Gasteiger partial charge in [-0.2, -0.15) is 0 Å². The van der Waals surface area contributed by atoms with Gasteiger partial charge in [0.25, 0.3) is 0 Å². The molecule has 0 aromatic carbocycles. The minimum Gasteiger partial charge on any atom is -0.466 e. The van der Waals surface area contributed by atoms with Crippen LogP contribution in [0.25, 0.3) is 0 Å². The summed E-state index contributed by atoms with van der Waals surface area (Å²) in [6.07, 6.45) is 40.4. The van der Waals surface area contributed by atoms with Crippen molar-refractivity contribution in [2.24, 2.45) is 0 Å². The van der Waals surface area contributed by atoms with Gasteiger partial charge in [0.2, 0.25) is 0 Å². The van der Waals surface area contributed by atoms with Crippen molar-refractivity contribution in [1.29, 1.82) is 0 Å². The molecule has 0 saturated heterocycles. The molecule has 0 rings (SSSR count). The highest BCUT2D eigenvalue weighted by Gasteiger charge is 2.02. The van der Waals surface area contributed by atoms with E-state index in [1.54, 1.807) is 0 Å². The Balaban J connectivity index is 3.26. The molecule has 0 radical (unpaired) electrons. The van der Waals surface area contributed by atoms with Crippen LogP contribution in [0.5, 0.6) is 0 Å². The standard InChI is InChI=1S/C32H58O2/c1-3-5-7-9-11-13-15-16-17-18-19-21-23-25-27-29-31-34-32(33)30-28-26-24-22-20-14-12-10-8-6-4-2/h10-13,16-17H,3-9,14-15,18-31H2,1-2H3/b12-10-,13-11+,17-16+. The summed E-state index contributed by atoms with van der Waals surface area (Å²) in [4.78, 5) is 11.8. The maximum Gasteiger partial charge on any atom is 0.305 e. The molecule has 0 aromatic rings. The van der Waals surface area contributed by atoms with Crippen LogP contribution in [-0.4, -0.2) is 12.6 Å². The molecule has 0 N–H and O–H groups in total. The molecule has 0 spiro atoms. The van der Waals surface area contributed by atoms with Crippen LogP contribution in [0.4, 0.5) is 0 Å². The second-order valence-electron chi connectivity index (χ2n) is 9.72. The Labute approximate surface area is 213 Å². The SMILES string of the molecule is CCCC/C=C\CCCCCCCC(=O)OCCCCCCCC/C=C/C/C=C/CCCCC. The molecule has 2 nitrogen and oxygen atoms in total. The predicted octanol–water partition coefficient (Wildman–Crippen LogP) is 10.8. The smallest absolute Gasteiger partial charge is 0.305 e. The van der Waals surface area contributed by atoms with Crippen molar-refractivity contribution in [2.45, 2.75) is 155 Å². The van der Waals surface area contributed by atoms with Crippen LogP contribution in [0.1, 0.15) is 155 Å². The molecule has 0 saturated carbocycles. The molecule has 0 aliphatic carbocycles. The van der Waals surface area contributed by atoms with Gasteiger partial charge in [0.1, 0.15) is 0 Å². The highest BCUT2D eigenvalue weighted by atomic mass is 16.5. The molecule has 198 valence electrons. The van der Waals surface area contributed by atoms with E-state index in [1.165, 1.54) is 109 Å². The van der Waals surface area contributed by atoms with E-state index in [4.69, 9.17) is 4.74 Å². The molecule has 0 aromatic heterocycles. The van der Waals surface area contributed by atoms with Crippen LogP contribution in [0.2, 0.25) is 0 Å². The number of hydrogen-bond donors (Lipinski definition) is 0. The van der Waals surface area contributed by atoms with Crippen LogP contribution in [0.3, 0.4) is 0 Å². The number of ether oxygens (including phenoxy) is 1. The average Bonchev–Trinajstić information content (AvgIpc) is 2.84. The van der Waals surface area contributed by atoms with E-state index in [-0.39, 0.29) is 5.97 Å². The fourth-order valence-corrected chi connectivity index (χ4v) is 3.97. The monoisotopic (exact) mass is 474 g/mol. The van der Waals surface area contributed by atoms with Crippen molar-refractivity contribution in [1.82, 2.24) is 0 Å². The minimum atomic E-state index is 0.00134. The summed E-state index contributed by atoms with van der Waals surface area (Å²) < 4.78 is 5.39. The molecule has 0 fully saturated rings. The lowest BCUT2D eigenvalue weighted by molar-refractivity contribution is -0.143. The predicted molar refractivity (Wildman–Crippen MR) is 151 cm³/mol. The Morgan fingerprint density at radius 1 is 0.500 bits per heavy atom. The number of carbonyl (C=O) groups excluding carboxylic acids is 1. The van der Waals surface area contributed by atoms with E-state index >= 15 is 0 Å². The lowest BCUT2D eigenvalue weighted by atomic mass is 10.1. The molecular formula is C32H58O2. The molecule has 2 heteroatoms. The van der Waals surface area contributed by atoms with Gasteiger partial charge in [-0.3, -0.25) is 4.79 Å². The van der Waals surface area contributed by atoms with E-state index in [0.717, 1.165) is 25.7 Å². The zero-order valence-corrected chi connectivity index (χ0v) is 23.0. The fourth-order valence-electron chi connectivity index (χ4n) is 3.97. The second-order valence-corrected chi connectivity index (χ2v) is 9.72. The Morgan fingerprint density at radius 3 is 1.53 bits per heavy atom. The van der Waals surface area contributed by atoms with Crippen LogP contribution < -0.4 is 0 Å². The van der Waals surface area contributed by atoms with Gasteiger partial charge in [-0.05, 0) is 64.2 Å². The molecule has 0 aliphatic rings. The Kier molecular flexibility index (Phi) is 28.6. The fraction of sp³-hybridized carbons (Fsp3) is 0.781. The largest absolute Gasteiger partial charge is 0.466 e. The van der Waals surface area contributed by atoms with E-state index in [2.05, 4.69) is 50.3 Å². The van der Waals surface area contributed by atoms with Gasteiger partial charge in [-0.15, -0.1) is 0 Å². The van der Waals surface area contributed by atoms with Crippen molar-refractivity contribution in [2.75, 3.05) is 6.61 Å². The molecule has 0 unspecified atom stereocenters. The quantitative estimate of drug-likeness (QED) is 0.0707. The highest BCUT2D eigenvalue weighted by molar-refractivity contribution is 5.69.